The molecule has 6 nitrogen and oxygen atoms in total. The second-order valence-corrected chi connectivity index (χ2v) is 8.82. The fourth-order valence-electron chi connectivity index (χ4n) is 4.32. The van der Waals surface area contributed by atoms with E-state index in [0.29, 0.717) is 57.7 Å². The van der Waals surface area contributed by atoms with Crippen LogP contribution in [0, 0.1) is 11.7 Å². The number of pyridine rings is 1. The van der Waals surface area contributed by atoms with Gasteiger partial charge in [0.1, 0.15) is 11.6 Å². The molecule has 182 valence electrons. The maximum atomic E-state index is 13.1. The largest absolute Gasteiger partial charge is 0.417 e. The van der Waals surface area contributed by atoms with Crippen LogP contribution in [0.15, 0.2) is 36.5 Å². The van der Waals surface area contributed by atoms with Crippen LogP contribution in [0.5, 0.6) is 0 Å². The van der Waals surface area contributed by atoms with Gasteiger partial charge in [0.2, 0.25) is 5.91 Å². The number of piperazine rings is 1. The molecule has 3 heterocycles. The van der Waals surface area contributed by atoms with E-state index in [2.05, 4.69) is 4.98 Å². The van der Waals surface area contributed by atoms with Gasteiger partial charge in [0.05, 0.1) is 10.6 Å². The van der Waals surface area contributed by atoms with E-state index in [1.54, 1.807) is 14.7 Å². The van der Waals surface area contributed by atoms with E-state index >= 15 is 0 Å². The fraction of sp³-hybridized carbons (Fsp3) is 0.435. The number of alkyl halides is 3. The Labute approximate surface area is 199 Å². The number of nitrogens with zero attached hydrogens (tertiary/aromatic N) is 4. The molecule has 2 aliphatic rings. The average molecular weight is 499 g/mol. The zero-order valence-electron chi connectivity index (χ0n) is 18.2. The number of hydrogen-bond donors (Lipinski definition) is 0. The Bertz CT molecular complexity index is 1050. The van der Waals surface area contributed by atoms with Gasteiger partial charge in [-0.05, 0) is 43.2 Å². The van der Waals surface area contributed by atoms with Gasteiger partial charge in [0.25, 0.3) is 5.91 Å². The third kappa shape index (κ3) is 5.27. The Kier molecular flexibility index (Phi) is 6.97. The molecule has 0 saturated carbocycles. The van der Waals surface area contributed by atoms with Crippen LogP contribution in [0.4, 0.5) is 23.4 Å². The first-order valence-electron chi connectivity index (χ1n) is 10.9. The minimum atomic E-state index is -4.51. The van der Waals surface area contributed by atoms with Gasteiger partial charge in [-0.3, -0.25) is 9.59 Å². The van der Waals surface area contributed by atoms with E-state index in [4.69, 9.17) is 11.6 Å². The van der Waals surface area contributed by atoms with Crippen LogP contribution in [0.1, 0.15) is 28.8 Å². The van der Waals surface area contributed by atoms with Crippen molar-refractivity contribution in [3.8, 4) is 0 Å². The smallest absolute Gasteiger partial charge is 0.352 e. The summed E-state index contributed by atoms with van der Waals surface area (Å²) in [6, 6.07) is 6.26. The van der Waals surface area contributed by atoms with Gasteiger partial charge in [-0.15, -0.1) is 0 Å². The third-order valence-electron chi connectivity index (χ3n) is 6.26. The summed E-state index contributed by atoms with van der Waals surface area (Å²) in [5.74, 6) is -0.497. The van der Waals surface area contributed by atoms with E-state index in [-0.39, 0.29) is 28.6 Å². The first-order valence-corrected chi connectivity index (χ1v) is 11.3. The van der Waals surface area contributed by atoms with Gasteiger partial charge in [-0.25, -0.2) is 9.37 Å². The number of carbonyl (C=O) groups excluding carboxylic acids is 2. The highest BCUT2D eigenvalue weighted by Crippen LogP contribution is 2.34. The van der Waals surface area contributed by atoms with Crippen molar-refractivity contribution in [2.24, 2.45) is 5.92 Å². The van der Waals surface area contributed by atoms with Crippen LogP contribution in [0.25, 0.3) is 0 Å². The monoisotopic (exact) mass is 498 g/mol. The number of likely N-dealkylation sites (tertiary alicyclic amines) is 1. The summed E-state index contributed by atoms with van der Waals surface area (Å²) in [6.07, 6.45) is -2.67. The quantitative estimate of drug-likeness (QED) is 0.598. The molecule has 0 unspecified atom stereocenters. The predicted molar refractivity (Wildman–Crippen MR) is 118 cm³/mol. The number of rotatable bonds is 3. The van der Waals surface area contributed by atoms with Crippen molar-refractivity contribution in [3.63, 3.8) is 0 Å². The number of halogens is 5. The highest BCUT2D eigenvalue weighted by Gasteiger charge is 2.34. The molecule has 2 aromatic rings. The van der Waals surface area contributed by atoms with Crippen molar-refractivity contribution in [2.45, 2.75) is 19.0 Å². The Morgan fingerprint density at radius 3 is 2.12 bits per heavy atom. The van der Waals surface area contributed by atoms with E-state index in [1.165, 1.54) is 24.3 Å². The Morgan fingerprint density at radius 1 is 0.941 bits per heavy atom. The van der Waals surface area contributed by atoms with Gasteiger partial charge in [-0.2, -0.15) is 13.2 Å². The molecule has 1 aromatic heterocycles. The van der Waals surface area contributed by atoms with E-state index < -0.39 is 17.6 Å². The standard InChI is InChI=1S/C23H23ClF4N4O2/c24-19-13-17(23(26,27)28)14-29-20(19)30-9-11-32(12-10-30)22(34)16-5-7-31(8-6-16)21(33)15-1-3-18(25)4-2-15/h1-4,13-14,16H,5-12H2. The number of anilines is 1. The molecule has 1 aromatic carbocycles. The molecule has 2 fully saturated rings. The van der Waals surface area contributed by atoms with Gasteiger partial charge in [0, 0.05) is 56.9 Å². The van der Waals surface area contributed by atoms with E-state index in [9.17, 15) is 27.2 Å². The van der Waals surface area contributed by atoms with Crippen LogP contribution < -0.4 is 4.90 Å². The summed E-state index contributed by atoms with van der Waals surface area (Å²) >= 11 is 6.05. The number of carbonyl (C=O) groups is 2. The maximum absolute atomic E-state index is 13.1. The molecule has 0 bridgehead atoms. The van der Waals surface area contributed by atoms with Crippen molar-refractivity contribution >= 4 is 29.2 Å². The minimum Gasteiger partial charge on any atom is -0.352 e. The molecule has 0 radical (unpaired) electrons. The lowest BCUT2D eigenvalue weighted by molar-refractivity contribution is -0.138. The second kappa shape index (κ2) is 9.77. The topological polar surface area (TPSA) is 56.8 Å². The van der Waals surface area contributed by atoms with Crippen LogP contribution in [-0.4, -0.2) is 65.9 Å². The van der Waals surface area contributed by atoms with Gasteiger partial charge < -0.3 is 14.7 Å². The van der Waals surface area contributed by atoms with Crippen molar-refractivity contribution in [2.75, 3.05) is 44.2 Å². The lowest BCUT2D eigenvalue weighted by Gasteiger charge is -2.39. The number of benzene rings is 1. The lowest BCUT2D eigenvalue weighted by atomic mass is 9.94. The molecule has 0 N–H and O–H groups in total. The summed E-state index contributed by atoms with van der Waals surface area (Å²) in [5, 5.41) is -0.0761. The predicted octanol–water partition coefficient (Wildman–Crippen LogP) is 4.09. The minimum absolute atomic E-state index is 0.0139. The fourth-order valence-corrected chi connectivity index (χ4v) is 4.61. The number of aromatic nitrogens is 1. The Morgan fingerprint density at radius 2 is 1.56 bits per heavy atom. The molecule has 0 atom stereocenters. The van der Waals surface area contributed by atoms with E-state index in [1.807, 2.05) is 0 Å². The molecule has 4 rings (SSSR count). The summed E-state index contributed by atoms with van der Waals surface area (Å²) in [7, 11) is 0. The molecule has 0 aliphatic carbocycles. The molecule has 2 aliphatic heterocycles. The van der Waals surface area contributed by atoms with Crippen molar-refractivity contribution < 1.29 is 27.2 Å². The molecule has 2 amide bonds. The highest BCUT2D eigenvalue weighted by atomic mass is 35.5. The van der Waals surface area contributed by atoms with Crippen molar-refractivity contribution in [1.82, 2.24) is 14.8 Å². The maximum Gasteiger partial charge on any atom is 0.417 e. The summed E-state index contributed by atoms with van der Waals surface area (Å²) < 4.78 is 51.6. The van der Waals surface area contributed by atoms with Gasteiger partial charge in [-0.1, -0.05) is 11.6 Å². The molecule has 0 spiro atoms. The average Bonchev–Trinajstić information content (AvgIpc) is 2.83. The molecular weight excluding hydrogens is 476 g/mol. The highest BCUT2D eigenvalue weighted by molar-refractivity contribution is 6.33. The Hall–Kier alpha value is -2.88. The van der Waals surface area contributed by atoms with Crippen LogP contribution >= 0.6 is 11.6 Å². The SMILES string of the molecule is O=C(c1ccc(F)cc1)N1CCC(C(=O)N2CCN(c3ncc(C(F)(F)F)cc3Cl)CC2)CC1. The molecule has 11 heteroatoms. The van der Waals surface area contributed by atoms with Gasteiger partial charge >= 0.3 is 6.18 Å². The van der Waals surface area contributed by atoms with Crippen molar-refractivity contribution in [1.29, 1.82) is 0 Å². The van der Waals surface area contributed by atoms with Gasteiger partial charge in [0.15, 0.2) is 0 Å². The van der Waals surface area contributed by atoms with Crippen LogP contribution in [0.2, 0.25) is 5.02 Å². The second-order valence-electron chi connectivity index (χ2n) is 8.41. The van der Waals surface area contributed by atoms with Crippen LogP contribution in [0.3, 0.4) is 0 Å². The Balaban J connectivity index is 1.29. The number of amides is 2. The first kappa shape index (κ1) is 24.3. The molecular formula is C23H23ClF4N4O2. The normalized spacial score (nSPS) is 17.7. The lowest BCUT2D eigenvalue weighted by Crippen LogP contribution is -2.52. The first-order chi connectivity index (χ1) is 16.1. The number of hydrogen-bond acceptors (Lipinski definition) is 4. The van der Waals surface area contributed by atoms with E-state index in [0.717, 1.165) is 12.3 Å². The summed E-state index contributed by atoms with van der Waals surface area (Å²) in [6.45, 7) is 2.52. The zero-order valence-corrected chi connectivity index (χ0v) is 18.9. The number of piperidine rings is 1. The summed E-state index contributed by atoms with van der Waals surface area (Å²) in [5.41, 5.74) is -0.489. The zero-order chi connectivity index (χ0) is 24.5. The third-order valence-corrected chi connectivity index (χ3v) is 6.54. The molecule has 2 saturated heterocycles. The molecule has 34 heavy (non-hydrogen) atoms. The summed E-state index contributed by atoms with van der Waals surface area (Å²) in [4.78, 5) is 34.7. The van der Waals surface area contributed by atoms with Crippen molar-refractivity contribution in [3.05, 3.63) is 58.5 Å². The van der Waals surface area contributed by atoms with Crippen LogP contribution in [-0.2, 0) is 11.0 Å².